The average Bonchev–Trinajstić information content (AvgIpc) is 2.25. The van der Waals surface area contributed by atoms with Crippen molar-refractivity contribution >= 4 is 17.3 Å². The molecule has 0 bridgehead atoms. The Bertz CT molecular complexity index is 393. The van der Waals surface area contributed by atoms with Crippen molar-refractivity contribution in [2.45, 2.75) is 33.1 Å². The maximum Gasteiger partial charge on any atom is 0.227 e. The van der Waals surface area contributed by atoms with Gasteiger partial charge < -0.3 is 10.6 Å². The van der Waals surface area contributed by atoms with Crippen molar-refractivity contribution in [3.8, 4) is 0 Å². The van der Waals surface area contributed by atoms with E-state index >= 15 is 0 Å². The fraction of sp³-hybridized carbons (Fsp3) is 0.533. The third kappa shape index (κ3) is 3.49. The molecule has 1 fully saturated rings. The summed E-state index contributed by atoms with van der Waals surface area (Å²) in [6.07, 6.45) is 3.27. The predicted octanol–water partition coefficient (Wildman–Crippen LogP) is 3.49. The molecule has 1 aromatic rings. The lowest BCUT2D eigenvalue weighted by Crippen LogP contribution is -2.27. The highest BCUT2D eigenvalue weighted by molar-refractivity contribution is 5.93. The zero-order valence-electron chi connectivity index (χ0n) is 11.2. The lowest BCUT2D eigenvalue weighted by Gasteiger charge is -2.24. The highest BCUT2D eigenvalue weighted by atomic mass is 16.1. The summed E-state index contributed by atoms with van der Waals surface area (Å²) in [7, 11) is 0. The molecule has 1 aliphatic rings. The fourth-order valence-electron chi connectivity index (χ4n) is 1.91. The molecule has 1 saturated carbocycles. The van der Waals surface area contributed by atoms with Gasteiger partial charge in [-0.1, -0.05) is 20.3 Å². The molecule has 0 unspecified atom stereocenters. The monoisotopic (exact) mass is 246 g/mol. The molecule has 0 aliphatic heterocycles. The van der Waals surface area contributed by atoms with Crippen LogP contribution >= 0.6 is 0 Å². The zero-order chi connectivity index (χ0) is 13.0. The van der Waals surface area contributed by atoms with Crippen molar-refractivity contribution in [3.05, 3.63) is 24.3 Å². The van der Waals surface area contributed by atoms with Gasteiger partial charge in [-0.15, -0.1) is 0 Å². The highest BCUT2D eigenvalue weighted by Gasteiger charge is 2.24. The van der Waals surface area contributed by atoms with Gasteiger partial charge in [0.25, 0.3) is 0 Å². The summed E-state index contributed by atoms with van der Waals surface area (Å²) in [4.78, 5) is 11.8. The van der Waals surface area contributed by atoms with Crippen LogP contribution in [0.15, 0.2) is 24.3 Å². The Morgan fingerprint density at radius 2 is 1.83 bits per heavy atom. The SMILES string of the molecule is CC(C)CNc1ccc(NC(=O)C2CCC2)cc1. The summed E-state index contributed by atoms with van der Waals surface area (Å²) in [6.45, 7) is 5.33. The minimum atomic E-state index is 0.170. The van der Waals surface area contributed by atoms with E-state index in [9.17, 15) is 4.79 Å². The third-order valence-electron chi connectivity index (χ3n) is 3.34. The van der Waals surface area contributed by atoms with Crippen LogP contribution in [0, 0.1) is 11.8 Å². The number of amides is 1. The van der Waals surface area contributed by atoms with Crippen LogP contribution in [0.2, 0.25) is 0 Å². The molecule has 2 rings (SSSR count). The molecule has 0 spiro atoms. The van der Waals surface area contributed by atoms with Crippen LogP contribution in [0.5, 0.6) is 0 Å². The normalized spacial score (nSPS) is 15.3. The van der Waals surface area contributed by atoms with Crippen LogP contribution in [0.1, 0.15) is 33.1 Å². The van der Waals surface area contributed by atoms with Crippen LogP contribution in [-0.4, -0.2) is 12.5 Å². The largest absolute Gasteiger partial charge is 0.385 e. The van der Waals surface area contributed by atoms with E-state index in [0.717, 1.165) is 30.8 Å². The molecule has 2 N–H and O–H groups in total. The minimum absolute atomic E-state index is 0.170. The number of carbonyl (C=O) groups excluding carboxylic acids is 1. The number of hydrogen-bond acceptors (Lipinski definition) is 2. The highest BCUT2D eigenvalue weighted by Crippen LogP contribution is 2.27. The number of anilines is 2. The summed E-state index contributed by atoms with van der Waals surface area (Å²) in [5.41, 5.74) is 1.99. The second-order valence-corrected chi connectivity index (χ2v) is 5.47. The second kappa shape index (κ2) is 5.89. The molecular formula is C15H22N2O. The van der Waals surface area contributed by atoms with Crippen molar-refractivity contribution in [1.82, 2.24) is 0 Å². The van der Waals surface area contributed by atoms with Gasteiger partial charge in [0.05, 0.1) is 0 Å². The van der Waals surface area contributed by atoms with Crippen LogP contribution in [0.25, 0.3) is 0 Å². The first-order chi connectivity index (χ1) is 8.65. The molecule has 3 heteroatoms. The van der Waals surface area contributed by atoms with E-state index in [1.54, 1.807) is 0 Å². The standard InChI is InChI=1S/C15H22N2O/c1-11(2)10-16-13-6-8-14(9-7-13)17-15(18)12-4-3-5-12/h6-9,11-12,16H,3-5,10H2,1-2H3,(H,17,18). The molecule has 1 aliphatic carbocycles. The van der Waals surface area contributed by atoms with Crippen molar-refractivity contribution in [1.29, 1.82) is 0 Å². The van der Waals surface area contributed by atoms with Crippen molar-refractivity contribution in [2.75, 3.05) is 17.2 Å². The molecule has 0 aromatic heterocycles. The minimum Gasteiger partial charge on any atom is -0.385 e. The van der Waals surface area contributed by atoms with Crippen LogP contribution in [0.3, 0.4) is 0 Å². The van der Waals surface area contributed by atoms with E-state index < -0.39 is 0 Å². The Labute approximate surface area is 109 Å². The summed E-state index contributed by atoms with van der Waals surface area (Å²) in [5, 5.41) is 6.33. The van der Waals surface area contributed by atoms with E-state index in [1.165, 1.54) is 6.42 Å². The lowest BCUT2D eigenvalue weighted by molar-refractivity contribution is -0.122. The summed E-state index contributed by atoms with van der Waals surface area (Å²) in [5.74, 6) is 1.04. The van der Waals surface area contributed by atoms with E-state index in [1.807, 2.05) is 24.3 Å². The van der Waals surface area contributed by atoms with Crippen molar-refractivity contribution in [2.24, 2.45) is 11.8 Å². The molecule has 3 nitrogen and oxygen atoms in total. The van der Waals surface area contributed by atoms with Crippen LogP contribution in [-0.2, 0) is 4.79 Å². The first-order valence-corrected chi connectivity index (χ1v) is 6.80. The molecule has 1 aromatic carbocycles. The van der Waals surface area contributed by atoms with E-state index in [4.69, 9.17) is 0 Å². The molecule has 0 radical (unpaired) electrons. The summed E-state index contributed by atoms with van der Waals surface area (Å²) >= 11 is 0. The number of rotatable bonds is 5. The Hall–Kier alpha value is -1.51. The van der Waals surface area contributed by atoms with E-state index in [-0.39, 0.29) is 11.8 Å². The Morgan fingerprint density at radius 3 is 2.33 bits per heavy atom. The molecule has 98 valence electrons. The van der Waals surface area contributed by atoms with Gasteiger partial charge in [-0.05, 0) is 43.0 Å². The maximum absolute atomic E-state index is 11.8. The summed E-state index contributed by atoms with van der Waals surface area (Å²) < 4.78 is 0. The van der Waals surface area contributed by atoms with E-state index in [0.29, 0.717) is 5.92 Å². The fourth-order valence-corrected chi connectivity index (χ4v) is 1.91. The maximum atomic E-state index is 11.8. The number of carbonyl (C=O) groups is 1. The van der Waals surface area contributed by atoms with Gasteiger partial charge >= 0.3 is 0 Å². The van der Waals surface area contributed by atoms with Gasteiger partial charge in [-0.25, -0.2) is 0 Å². The Kier molecular flexibility index (Phi) is 4.24. The van der Waals surface area contributed by atoms with Gasteiger partial charge in [0.2, 0.25) is 5.91 Å². The third-order valence-corrected chi connectivity index (χ3v) is 3.34. The topological polar surface area (TPSA) is 41.1 Å². The number of nitrogens with one attached hydrogen (secondary N) is 2. The van der Waals surface area contributed by atoms with Crippen LogP contribution < -0.4 is 10.6 Å². The van der Waals surface area contributed by atoms with Gasteiger partial charge in [0, 0.05) is 23.8 Å². The lowest BCUT2D eigenvalue weighted by atomic mass is 9.85. The molecule has 1 amide bonds. The second-order valence-electron chi connectivity index (χ2n) is 5.47. The number of benzene rings is 1. The van der Waals surface area contributed by atoms with E-state index in [2.05, 4.69) is 24.5 Å². The predicted molar refractivity (Wildman–Crippen MR) is 75.7 cm³/mol. The first kappa shape index (κ1) is 12.9. The van der Waals surface area contributed by atoms with Crippen molar-refractivity contribution in [3.63, 3.8) is 0 Å². The van der Waals surface area contributed by atoms with Gasteiger partial charge in [0.1, 0.15) is 0 Å². The summed E-state index contributed by atoms with van der Waals surface area (Å²) in [6, 6.07) is 7.94. The first-order valence-electron chi connectivity index (χ1n) is 6.80. The Balaban J connectivity index is 1.84. The zero-order valence-corrected chi connectivity index (χ0v) is 11.2. The smallest absolute Gasteiger partial charge is 0.227 e. The molecule has 0 heterocycles. The molecule has 18 heavy (non-hydrogen) atoms. The van der Waals surface area contributed by atoms with Gasteiger partial charge in [-0.2, -0.15) is 0 Å². The van der Waals surface area contributed by atoms with Crippen molar-refractivity contribution < 1.29 is 4.79 Å². The van der Waals surface area contributed by atoms with Crippen LogP contribution in [0.4, 0.5) is 11.4 Å². The Morgan fingerprint density at radius 1 is 1.22 bits per heavy atom. The molecule has 0 atom stereocenters. The van der Waals surface area contributed by atoms with Gasteiger partial charge in [-0.3, -0.25) is 4.79 Å². The molecule has 0 saturated heterocycles. The number of hydrogen-bond donors (Lipinski definition) is 2. The quantitative estimate of drug-likeness (QED) is 0.835. The average molecular weight is 246 g/mol. The molecular weight excluding hydrogens is 224 g/mol. The van der Waals surface area contributed by atoms with Gasteiger partial charge in [0.15, 0.2) is 0 Å².